The van der Waals surface area contributed by atoms with Crippen LogP contribution in [0.15, 0.2) is 46.0 Å². The van der Waals surface area contributed by atoms with Crippen molar-refractivity contribution in [2.24, 2.45) is 0 Å². The van der Waals surface area contributed by atoms with Gasteiger partial charge in [0.15, 0.2) is 9.84 Å². The van der Waals surface area contributed by atoms with Gasteiger partial charge in [-0.3, -0.25) is 9.69 Å². The number of piperazine rings is 1. The smallest absolute Gasteiger partial charge is 0.227 e. The Kier molecular flexibility index (Phi) is 6.34. The molecule has 1 aliphatic rings. The Labute approximate surface area is 165 Å². The molecule has 0 N–H and O–H groups in total. The molecule has 0 spiro atoms. The number of carbonyl (C=O) groups is 1. The van der Waals surface area contributed by atoms with E-state index in [-0.39, 0.29) is 5.91 Å². The second-order valence-corrected chi connectivity index (χ2v) is 10.5. The van der Waals surface area contributed by atoms with Crippen LogP contribution in [0.2, 0.25) is 0 Å². The SMILES string of the molecule is CC(C)S(=O)(=O)c1ccc(CC(=O)N2CCN(Cc3ccsc3)CC2)cc1. The van der Waals surface area contributed by atoms with Gasteiger partial charge < -0.3 is 4.90 Å². The molecule has 2 aromatic rings. The maximum atomic E-state index is 12.6. The van der Waals surface area contributed by atoms with Crippen molar-refractivity contribution < 1.29 is 13.2 Å². The van der Waals surface area contributed by atoms with Crippen LogP contribution < -0.4 is 0 Å². The van der Waals surface area contributed by atoms with Gasteiger partial charge in [-0.1, -0.05) is 12.1 Å². The largest absolute Gasteiger partial charge is 0.340 e. The number of hydrogen-bond donors (Lipinski definition) is 0. The summed E-state index contributed by atoms with van der Waals surface area (Å²) in [7, 11) is -3.27. The molecule has 0 radical (unpaired) electrons. The molecular weight excluding hydrogens is 380 g/mol. The van der Waals surface area contributed by atoms with Gasteiger partial charge in [0, 0.05) is 32.7 Å². The Morgan fingerprint density at radius 3 is 2.26 bits per heavy atom. The predicted octanol–water partition coefficient (Wildman–Crippen LogP) is 2.82. The van der Waals surface area contributed by atoms with Gasteiger partial charge in [0.2, 0.25) is 5.91 Å². The number of hydrogen-bond acceptors (Lipinski definition) is 5. The summed E-state index contributed by atoms with van der Waals surface area (Å²) < 4.78 is 24.4. The van der Waals surface area contributed by atoms with E-state index < -0.39 is 15.1 Å². The zero-order valence-electron chi connectivity index (χ0n) is 15.8. The summed E-state index contributed by atoms with van der Waals surface area (Å²) in [5.41, 5.74) is 2.18. The van der Waals surface area contributed by atoms with Crippen molar-refractivity contribution in [2.75, 3.05) is 26.2 Å². The fourth-order valence-corrected chi connectivity index (χ4v) is 4.87. The highest BCUT2D eigenvalue weighted by Crippen LogP contribution is 2.17. The van der Waals surface area contributed by atoms with Crippen LogP contribution in [0.5, 0.6) is 0 Å². The Balaban J connectivity index is 1.52. The minimum Gasteiger partial charge on any atom is -0.340 e. The van der Waals surface area contributed by atoms with Gasteiger partial charge in [0.05, 0.1) is 16.6 Å². The van der Waals surface area contributed by atoms with Crippen LogP contribution in [0.4, 0.5) is 0 Å². The molecule has 1 aliphatic heterocycles. The van der Waals surface area contributed by atoms with Gasteiger partial charge >= 0.3 is 0 Å². The van der Waals surface area contributed by atoms with E-state index in [1.807, 2.05) is 4.90 Å². The highest BCUT2D eigenvalue weighted by Gasteiger charge is 2.22. The van der Waals surface area contributed by atoms with Gasteiger partial charge in [-0.05, 0) is 53.9 Å². The summed E-state index contributed by atoms with van der Waals surface area (Å²) in [6, 6.07) is 8.86. The van der Waals surface area contributed by atoms with Gasteiger partial charge in [0.1, 0.15) is 0 Å². The average molecular weight is 407 g/mol. The van der Waals surface area contributed by atoms with E-state index in [0.29, 0.717) is 11.3 Å². The van der Waals surface area contributed by atoms with Crippen LogP contribution in [0, 0.1) is 0 Å². The van der Waals surface area contributed by atoms with E-state index in [2.05, 4.69) is 21.7 Å². The Morgan fingerprint density at radius 1 is 1.04 bits per heavy atom. The lowest BCUT2D eigenvalue weighted by Gasteiger charge is -2.34. The number of sulfone groups is 1. The molecule has 27 heavy (non-hydrogen) atoms. The summed E-state index contributed by atoms with van der Waals surface area (Å²) in [5, 5.41) is 3.81. The molecule has 0 atom stereocenters. The average Bonchev–Trinajstić information content (AvgIpc) is 3.15. The minimum atomic E-state index is -3.27. The van der Waals surface area contributed by atoms with Crippen LogP contribution >= 0.6 is 11.3 Å². The summed E-state index contributed by atoms with van der Waals surface area (Å²) in [5.74, 6) is 0.102. The van der Waals surface area contributed by atoms with E-state index >= 15 is 0 Å². The number of amides is 1. The van der Waals surface area contributed by atoms with E-state index in [1.54, 1.807) is 49.4 Å². The zero-order chi connectivity index (χ0) is 19.4. The molecule has 7 heteroatoms. The molecule has 1 amide bonds. The van der Waals surface area contributed by atoms with Gasteiger partial charge in [0.25, 0.3) is 0 Å². The number of benzene rings is 1. The van der Waals surface area contributed by atoms with Crippen molar-refractivity contribution in [3.63, 3.8) is 0 Å². The lowest BCUT2D eigenvalue weighted by atomic mass is 10.1. The highest BCUT2D eigenvalue weighted by molar-refractivity contribution is 7.92. The third kappa shape index (κ3) is 4.97. The van der Waals surface area contributed by atoms with E-state index in [9.17, 15) is 13.2 Å². The molecule has 2 heterocycles. The Hall–Kier alpha value is -1.70. The fourth-order valence-electron chi connectivity index (χ4n) is 3.15. The van der Waals surface area contributed by atoms with Crippen molar-refractivity contribution in [1.29, 1.82) is 0 Å². The van der Waals surface area contributed by atoms with E-state index in [4.69, 9.17) is 0 Å². The number of thiophene rings is 1. The van der Waals surface area contributed by atoms with Gasteiger partial charge in [-0.15, -0.1) is 0 Å². The minimum absolute atomic E-state index is 0.102. The molecule has 1 aromatic heterocycles. The molecule has 5 nitrogen and oxygen atoms in total. The number of nitrogens with zero attached hydrogens (tertiary/aromatic N) is 2. The van der Waals surface area contributed by atoms with E-state index in [1.165, 1.54) is 5.56 Å². The number of rotatable bonds is 6. The van der Waals surface area contributed by atoms with Crippen LogP contribution in [-0.4, -0.2) is 55.6 Å². The normalized spacial score (nSPS) is 16.0. The monoisotopic (exact) mass is 406 g/mol. The lowest BCUT2D eigenvalue weighted by molar-refractivity contribution is -0.132. The molecule has 1 fully saturated rings. The van der Waals surface area contributed by atoms with Crippen LogP contribution in [0.3, 0.4) is 0 Å². The van der Waals surface area contributed by atoms with Gasteiger partial charge in [-0.25, -0.2) is 8.42 Å². The highest BCUT2D eigenvalue weighted by atomic mass is 32.2. The molecule has 1 aromatic carbocycles. The first-order valence-electron chi connectivity index (χ1n) is 9.20. The molecule has 3 rings (SSSR count). The predicted molar refractivity (Wildman–Crippen MR) is 109 cm³/mol. The fraction of sp³-hybridized carbons (Fsp3) is 0.450. The van der Waals surface area contributed by atoms with Crippen LogP contribution in [0.25, 0.3) is 0 Å². The van der Waals surface area contributed by atoms with Crippen molar-refractivity contribution in [2.45, 2.75) is 37.0 Å². The summed E-state index contributed by atoms with van der Waals surface area (Å²) in [4.78, 5) is 17.2. The lowest BCUT2D eigenvalue weighted by Crippen LogP contribution is -2.48. The first-order valence-corrected chi connectivity index (χ1v) is 11.7. The third-order valence-corrected chi connectivity index (χ3v) is 7.84. The Bertz CT molecular complexity index is 851. The van der Waals surface area contributed by atoms with Crippen molar-refractivity contribution >= 4 is 27.1 Å². The topological polar surface area (TPSA) is 57.7 Å². The van der Waals surface area contributed by atoms with Crippen LogP contribution in [0.1, 0.15) is 25.0 Å². The van der Waals surface area contributed by atoms with Crippen LogP contribution in [-0.2, 0) is 27.6 Å². The quantitative estimate of drug-likeness (QED) is 0.740. The maximum Gasteiger partial charge on any atom is 0.227 e. The summed E-state index contributed by atoms with van der Waals surface area (Å²) in [6.07, 6.45) is 0.312. The first kappa shape index (κ1) is 20.0. The van der Waals surface area contributed by atoms with E-state index in [0.717, 1.165) is 38.3 Å². The van der Waals surface area contributed by atoms with Crippen molar-refractivity contribution in [3.05, 3.63) is 52.2 Å². The second-order valence-electron chi connectivity index (χ2n) is 7.20. The van der Waals surface area contributed by atoms with Crippen molar-refractivity contribution in [3.8, 4) is 0 Å². The molecule has 0 unspecified atom stereocenters. The summed E-state index contributed by atoms with van der Waals surface area (Å²) in [6.45, 7) is 7.53. The molecule has 146 valence electrons. The number of carbonyl (C=O) groups excluding carboxylic acids is 1. The molecule has 1 saturated heterocycles. The molecule has 0 bridgehead atoms. The Morgan fingerprint density at radius 2 is 1.70 bits per heavy atom. The maximum absolute atomic E-state index is 12.6. The molecule has 0 aliphatic carbocycles. The van der Waals surface area contributed by atoms with Gasteiger partial charge in [-0.2, -0.15) is 11.3 Å². The molecule has 0 saturated carbocycles. The third-order valence-electron chi connectivity index (χ3n) is 4.94. The summed E-state index contributed by atoms with van der Waals surface area (Å²) >= 11 is 1.71. The first-order chi connectivity index (χ1) is 12.9. The standard InChI is InChI=1S/C20H26N2O3S2/c1-16(2)27(24,25)19-5-3-17(4-6-19)13-20(23)22-10-8-21(9-11-22)14-18-7-12-26-15-18/h3-7,12,15-16H,8-11,13-14H2,1-2H3. The zero-order valence-corrected chi connectivity index (χ0v) is 17.4. The second kappa shape index (κ2) is 8.54. The van der Waals surface area contributed by atoms with Crippen molar-refractivity contribution in [1.82, 2.24) is 9.80 Å². The molecular formula is C20H26N2O3S2.